The summed E-state index contributed by atoms with van der Waals surface area (Å²) in [5.41, 5.74) is 0.923. The van der Waals surface area contributed by atoms with Gasteiger partial charge in [0, 0.05) is 41.8 Å². The zero-order valence-corrected chi connectivity index (χ0v) is 19.3. The molecular weight excluding hydrogens is 457 g/mol. The predicted molar refractivity (Wildman–Crippen MR) is 122 cm³/mol. The third-order valence-corrected chi connectivity index (χ3v) is 7.82. The number of rotatable bonds is 7. The van der Waals surface area contributed by atoms with Gasteiger partial charge in [0.05, 0.1) is 10.8 Å². The standard InChI is InChI=1S/C22H25Cl2N3O3S/c23-17-5-3-6-20(11-17)31(29,30)26-18-10-16(12-25-13-18)22(28)27(19-8-9-19)14-15-4-1-2-7-21(15)24/h1-7,11,16,18-19,25-26H,8-10,12-14H2/t16-,18+/m0/s1. The maximum Gasteiger partial charge on any atom is 0.240 e. The molecule has 166 valence electrons. The molecule has 1 heterocycles. The first-order chi connectivity index (χ1) is 14.8. The minimum absolute atomic E-state index is 0.0431. The zero-order valence-electron chi connectivity index (χ0n) is 16.9. The predicted octanol–water partition coefficient (Wildman–Crippen LogP) is 3.44. The van der Waals surface area contributed by atoms with Crippen LogP contribution in [-0.4, -0.2) is 44.4 Å². The Hall–Kier alpha value is -1.64. The molecule has 1 aliphatic carbocycles. The van der Waals surface area contributed by atoms with Crippen molar-refractivity contribution in [3.05, 3.63) is 64.1 Å². The van der Waals surface area contributed by atoms with E-state index < -0.39 is 10.0 Å². The van der Waals surface area contributed by atoms with Gasteiger partial charge in [-0.2, -0.15) is 0 Å². The molecule has 2 aliphatic rings. The minimum Gasteiger partial charge on any atom is -0.335 e. The van der Waals surface area contributed by atoms with Gasteiger partial charge in [-0.15, -0.1) is 0 Å². The second-order valence-electron chi connectivity index (χ2n) is 8.16. The molecule has 1 aliphatic heterocycles. The van der Waals surface area contributed by atoms with Crippen molar-refractivity contribution in [2.24, 2.45) is 5.92 Å². The maximum absolute atomic E-state index is 13.4. The first-order valence-electron chi connectivity index (χ1n) is 10.4. The van der Waals surface area contributed by atoms with Crippen molar-refractivity contribution in [3.63, 3.8) is 0 Å². The highest BCUT2D eigenvalue weighted by Crippen LogP contribution is 2.32. The van der Waals surface area contributed by atoms with Gasteiger partial charge in [-0.05, 0) is 49.1 Å². The topological polar surface area (TPSA) is 78.5 Å². The summed E-state index contributed by atoms with van der Waals surface area (Å²) in [6.07, 6.45) is 2.42. The third kappa shape index (κ3) is 5.59. The fourth-order valence-electron chi connectivity index (χ4n) is 3.96. The molecule has 2 fully saturated rings. The number of sulfonamides is 1. The lowest BCUT2D eigenvalue weighted by Crippen LogP contribution is -2.53. The van der Waals surface area contributed by atoms with Crippen molar-refractivity contribution in [2.75, 3.05) is 13.1 Å². The van der Waals surface area contributed by atoms with Gasteiger partial charge < -0.3 is 10.2 Å². The van der Waals surface area contributed by atoms with Crippen LogP contribution in [0.5, 0.6) is 0 Å². The Balaban J connectivity index is 1.44. The molecule has 2 aromatic rings. The van der Waals surface area contributed by atoms with Gasteiger partial charge in [-0.3, -0.25) is 4.79 Å². The Morgan fingerprint density at radius 1 is 1.10 bits per heavy atom. The summed E-state index contributed by atoms with van der Waals surface area (Å²) >= 11 is 12.3. The lowest BCUT2D eigenvalue weighted by molar-refractivity contribution is -0.137. The molecule has 4 rings (SSSR count). The second-order valence-corrected chi connectivity index (χ2v) is 10.7. The van der Waals surface area contributed by atoms with Crippen LogP contribution in [-0.2, 0) is 21.4 Å². The van der Waals surface area contributed by atoms with Crippen LogP contribution in [0.3, 0.4) is 0 Å². The first-order valence-corrected chi connectivity index (χ1v) is 12.6. The third-order valence-electron chi connectivity index (χ3n) is 5.70. The number of benzene rings is 2. The Morgan fingerprint density at radius 2 is 1.87 bits per heavy atom. The van der Waals surface area contributed by atoms with Crippen LogP contribution in [0.15, 0.2) is 53.4 Å². The number of halogens is 2. The van der Waals surface area contributed by atoms with E-state index in [4.69, 9.17) is 23.2 Å². The quantitative estimate of drug-likeness (QED) is 0.634. The molecule has 9 heteroatoms. The van der Waals surface area contributed by atoms with Gasteiger partial charge in [0.1, 0.15) is 0 Å². The minimum atomic E-state index is -3.73. The Bertz CT molecular complexity index is 1060. The molecule has 2 atom stereocenters. The van der Waals surface area contributed by atoms with Crippen molar-refractivity contribution in [3.8, 4) is 0 Å². The summed E-state index contributed by atoms with van der Waals surface area (Å²) in [5, 5.41) is 4.22. The summed E-state index contributed by atoms with van der Waals surface area (Å²) < 4.78 is 28.2. The highest BCUT2D eigenvalue weighted by Gasteiger charge is 2.38. The molecule has 1 amide bonds. The molecule has 1 saturated carbocycles. The average Bonchev–Trinajstić information content (AvgIpc) is 3.58. The lowest BCUT2D eigenvalue weighted by atomic mass is 9.94. The fourth-order valence-corrected chi connectivity index (χ4v) is 5.70. The molecule has 0 bridgehead atoms. The van der Waals surface area contributed by atoms with Crippen LogP contribution >= 0.6 is 23.2 Å². The van der Waals surface area contributed by atoms with Gasteiger partial charge in [-0.25, -0.2) is 13.1 Å². The van der Waals surface area contributed by atoms with Gasteiger partial charge in [-0.1, -0.05) is 47.5 Å². The van der Waals surface area contributed by atoms with Gasteiger partial charge in [0.25, 0.3) is 0 Å². The SMILES string of the molecule is O=C([C@@H]1CNC[C@H](NS(=O)(=O)c2cccc(Cl)c2)C1)N(Cc1ccccc1Cl)C1CC1. The Labute approximate surface area is 193 Å². The van der Waals surface area contributed by atoms with E-state index in [0.29, 0.717) is 36.1 Å². The molecule has 0 radical (unpaired) electrons. The van der Waals surface area contributed by atoms with Crippen LogP contribution in [0, 0.1) is 5.92 Å². The van der Waals surface area contributed by atoms with E-state index in [-0.39, 0.29) is 28.8 Å². The number of piperidine rings is 1. The van der Waals surface area contributed by atoms with Crippen molar-refractivity contribution < 1.29 is 13.2 Å². The van der Waals surface area contributed by atoms with Gasteiger partial charge in [0.2, 0.25) is 15.9 Å². The van der Waals surface area contributed by atoms with E-state index in [9.17, 15) is 13.2 Å². The normalized spacial score (nSPS) is 21.6. The fraction of sp³-hybridized carbons (Fsp3) is 0.409. The van der Waals surface area contributed by atoms with Crippen LogP contribution in [0.4, 0.5) is 0 Å². The van der Waals surface area contributed by atoms with Crippen LogP contribution < -0.4 is 10.0 Å². The second kappa shape index (κ2) is 9.46. The molecule has 2 aromatic carbocycles. The number of carbonyl (C=O) groups is 1. The summed E-state index contributed by atoms with van der Waals surface area (Å²) in [6.45, 7) is 1.47. The summed E-state index contributed by atoms with van der Waals surface area (Å²) in [6, 6.07) is 13.6. The highest BCUT2D eigenvalue weighted by atomic mass is 35.5. The van der Waals surface area contributed by atoms with Crippen LogP contribution in [0.2, 0.25) is 10.0 Å². The van der Waals surface area contributed by atoms with Crippen molar-refractivity contribution >= 4 is 39.1 Å². The number of nitrogens with zero attached hydrogens (tertiary/aromatic N) is 1. The maximum atomic E-state index is 13.4. The van der Waals surface area contributed by atoms with E-state index >= 15 is 0 Å². The summed E-state index contributed by atoms with van der Waals surface area (Å²) in [5.74, 6) is -0.259. The Kier molecular flexibility index (Phi) is 6.89. The van der Waals surface area contributed by atoms with Crippen LogP contribution in [0.25, 0.3) is 0 Å². The number of hydrogen-bond acceptors (Lipinski definition) is 4. The lowest BCUT2D eigenvalue weighted by Gasteiger charge is -2.34. The molecule has 0 unspecified atom stereocenters. The average molecular weight is 482 g/mol. The van der Waals surface area contributed by atoms with E-state index in [1.165, 1.54) is 12.1 Å². The van der Waals surface area contributed by atoms with Crippen molar-refractivity contribution in [1.82, 2.24) is 14.9 Å². The highest BCUT2D eigenvalue weighted by molar-refractivity contribution is 7.89. The van der Waals surface area contributed by atoms with Crippen molar-refractivity contribution in [2.45, 2.75) is 42.8 Å². The van der Waals surface area contributed by atoms with Crippen LogP contribution in [0.1, 0.15) is 24.8 Å². The molecule has 1 saturated heterocycles. The summed E-state index contributed by atoms with van der Waals surface area (Å²) in [7, 11) is -3.73. The smallest absolute Gasteiger partial charge is 0.240 e. The van der Waals surface area contributed by atoms with Crippen molar-refractivity contribution in [1.29, 1.82) is 0 Å². The molecule has 31 heavy (non-hydrogen) atoms. The van der Waals surface area contributed by atoms with E-state index in [0.717, 1.165) is 18.4 Å². The molecule has 0 spiro atoms. The zero-order chi connectivity index (χ0) is 22.0. The number of nitrogens with one attached hydrogen (secondary N) is 2. The molecular formula is C22H25Cl2N3O3S. The monoisotopic (exact) mass is 481 g/mol. The summed E-state index contributed by atoms with van der Waals surface area (Å²) in [4.78, 5) is 15.4. The number of carbonyl (C=O) groups excluding carboxylic acids is 1. The number of amides is 1. The molecule has 6 nitrogen and oxygen atoms in total. The van der Waals surface area contributed by atoms with E-state index in [1.54, 1.807) is 12.1 Å². The van der Waals surface area contributed by atoms with E-state index in [1.807, 2.05) is 29.2 Å². The van der Waals surface area contributed by atoms with Gasteiger partial charge >= 0.3 is 0 Å². The largest absolute Gasteiger partial charge is 0.335 e. The van der Waals surface area contributed by atoms with Gasteiger partial charge in [0.15, 0.2) is 0 Å². The Morgan fingerprint density at radius 3 is 2.58 bits per heavy atom. The first kappa shape index (κ1) is 22.6. The molecule has 0 aromatic heterocycles. The number of hydrogen-bond donors (Lipinski definition) is 2. The van der Waals surface area contributed by atoms with E-state index in [2.05, 4.69) is 10.0 Å². The molecule has 2 N–H and O–H groups in total.